The fourth-order valence-corrected chi connectivity index (χ4v) is 2.51. The van der Waals surface area contributed by atoms with Crippen molar-refractivity contribution in [1.29, 1.82) is 0 Å². The molecule has 10 heteroatoms. The van der Waals surface area contributed by atoms with Gasteiger partial charge in [-0.2, -0.15) is 13.2 Å². The highest BCUT2D eigenvalue weighted by Gasteiger charge is 2.32. The highest BCUT2D eigenvalue weighted by molar-refractivity contribution is 5.92. The predicted molar refractivity (Wildman–Crippen MR) is 98.4 cm³/mol. The van der Waals surface area contributed by atoms with Gasteiger partial charge in [0.05, 0.1) is 6.20 Å². The fourth-order valence-electron chi connectivity index (χ4n) is 2.51. The van der Waals surface area contributed by atoms with Crippen LogP contribution in [0.4, 0.5) is 17.6 Å². The number of nitrogens with two attached hydrogens (primary N) is 1. The smallest absolute Gasteiger partial charge is 0.433 e. The van der Waals surface area contributed by atoms with Gasteiger partial charge < -0.3 is 15.2 Å². The Balaban J connectivity index is 1.71. The van der Waals surface area contributed by atoms with Gasteiger partial charge in [0.15, 0.2) is 0 Å². The van der Waals surface area contributed by atoms with Crippen molar-refractivity contribution in [2.75, 3.05) is 13.2 Å². The predicted octanol–water partition coefficient (Wildman–Crippen LogP) is 3.86. The number of pyridine rings is 2. The Labute approximate surface area is 168 Å². The number of benzene rings is 1. The maximum absolute atomic E-state index is 13.2. The fraction of sp³-hybridized carbons (Fsp3) is 0.150. The molecule has 2 N–H and O–H groups in total. The van der Waals surface area contributed by atoms with E-state index in [1.807, 2.05) is 0 Å². The van der Waals surface area contributed by atoms with Crippen LogP contribution in [-0.4, -0.2) is 29.1 Å². The summed E-state index contributed by atoms with van der Waals surface area (Å²) in [5.41, 5.74) is 5.19. The number of hydrogen-bond donors (Lipinski definition) is 1. The maximum Gasteiger partial charge on any atom is 0.433 e. The maximum atomic E-state index is 13.2. The van der Waals surface area contributed by atoms with Gasteiger partial charge in [-0.05, 0) is 29.8 Å². The van der Waals surface area contributed by atoms with E-state index in [-0.39, 0.29) is 30.4 Å². The van der Waals surface area contributed by atoms with E-state index in [2.05, 4.69) is 9.97 Å². The van der Waals surface area contributed by atoms with Gasteiger partial charge in [0.25, 0.3) is 5.91 Å². The summed E-state index contributed by atoms with van der Waals surface area (Å²) in [6.45, 7) is -0.1000. The molecule has 3 aromatic rings. The van der Waals surface area contributed by atoms with Gasteiger partial charge in [0.2, 0.25) is 0 Å². The number of aromatic nitrogens is 2. The molecule has 0 aliphatic rings. The Morgan fingerprint density at radius 2 is 1.70 bits per heavy atom. The standard InChI is InChI=1S/C20H15F4N3O3/c21-13-3-1-12(2-4-13)15-10-16(19(25)28)27-11-17(15)30-8-7-29-14-5-6-26-18(9-14)20(22,23)24/h1-6,9-11H,7-8H2,(H2,25,28). The van der Waals surface area contributed by atoms with E-state index < -0.39 is 23.6 Å². The second-order valence-corrected chi connectivity index (χ2v) is 6.01. The van der Waals surface area contributed by atoms with Crippen LogP contribution in [0.3, 0.4) is 0 Å². The monoisotopic (exact) mass is 421 g/mol. The molecule has 0 aliphatic heterocycles. The summed E-state index contributed by atoms with van der Waals surface area (Å²) >= 11 is 0. The van der Waals surface area contributed by atoms with Crippen molar-refractivity contribution in [3.63, 3.8) is 0 Å². The first-order chi connectivity index (χ1) is 14.2. The molecular formula is C20H15F4N3O3. The van der Waals surface area contributed by atoms with Crippen LogP contribution in [0.5, 0.6) is 11.5 Å². The van der Waals surface area contributed by atoms with Gasteiger partial charge in [-0.15, -0.1) is 0 Å². The summed E-state index contributed by atoms with van der Waals surface area (Å²) < 4.78 is 62.2. The third-order valence-corrected chi connectivity index (χ3v) is 3.91. The molecule has 2 aromatic heterocycles. The van der Waals surface area contributed by atoms with E-state index in [0.29, 0.717) is 11.1 Å². The number of carbonyl (C=O) groups excluding carboxylic acids is 1. The van der Waals surface area contributed by atoms with Gasteiger partial charge in [-0.3, -0.25) is 9.78 Å². The van der Waals surface area contributed by atoms with Crippen LogP contribution in [-0.2, 0) is 6.18 Å². The average Bonchev–Trinajstić information content (AvgIpc) is 2.71. The zero-order valence-electron chi connectivity index (χ0n) is 15.3. The molecule has 0 aliphatic carbocycles. The lowest BCUT2D eigenvalue weighted by atomic mass is 10.0. The molecule has 6 nitrogen and oxygen atoms in total. The van der Waals surface area contributed by atoms with Crippen LogP contribution in [0.1, 0.15) is 16.2 Å². The molecule has 0 saturated heterocycles. The van der Waals surface area contributed by atoms with E-state index in [1.54, 1.807) is 0 Å². The Bertz CT molecular complexity index is 1040. The Hall–Kier alpha value is -3.69. The largest absolute Gasteiger partial charge is 0.490 e. The molecule has 0 bridgehead atoms. The summed E-state index contributed by atoms with van der Waals surface area (Å²) in [5, 5.41) is 0. The van der Waals surface area contributed by atoms with Crippen molar-refractivity contribution >= 4 is 5.91 Å². The van der Waals surface area contributed by atoms with Gasteiger partial charge >= 0.3 is 6.18 Å². The van der Waals surface area contributed by atoms with Gasteiger partial charge in [-0.25, -0.2) is 9.37 Å². The van der Waals surface area contributed by atoms with Crippen molar-refractivity contribution in [3.05, 3.63) is 72.1 Å². The minimum atomic E-state index is -4.58. The zero-order valence-corrected chi connectivity index (χ0v) is 15.3. The van der Waals surface area contributed by atoms with Crippen LogP contribution in [0, 0.1) is 5.82 Å². The van der Waals surface area contributed by atoms with Crippen LogP contribution in [0.25, 0.3) is 11.1 Å². The molecule has 0 radical (unpaired) electrons. The number of primary amides is 1. The number of halogens is 4. The van der Waals surface area contributed by atoms with Crippen LogP contribution < -0.4 is 15.2 Å². The molecule has 0 fully saturated rings. The summed E-state index contributed by atoms with van der Waals surface area (Å²) in [7, 11) is 0. The number of amides is 1. The Kier molecular flexibility index (Phi) is 6.14. The summed E-state index contributed by atoms with van der Waals surface area (Å²) in [5.74, 6) is -0.927. The van der Waals surface area contributed by atoms with Crippen molar-refractivity contribution in [2.45, 2.75) is 6.18 Å². The van der Waals surface area contributed by atoms with Gasteiger partial charge in [0.1, 0.15) is 41.9 Å². The molecule has 1 amide bonds. The first-order valence-corrected chi connectivity index (χ1v) is 8.58. The lowest BCUT2D eigenvalue weighted by Gasteiger charge is -2.13. The van der Waals surface area contributed by atoms with E-state index >= 15 is 0 Å². The molecule has 156 valence electrons. The first-order valence-electron chi connectivity index (χ1n) is 8.58. The molecule has 0 saturated carbocycles. The number of nitrogens with zero attached hydrogens (tertiary/aromatic N) is 2. The van der Waals surface area contributed by atoms with Crippen LogP contribution in [0.2, 0.25) is 0 Å². The van der Waals surface area contributed by atoms with Crippen molar-refractivity contribution in [3.8, 4) is 22.6 Å². The van der Waals surface area contributed by atoms with Gasteiger partial charge in [0, 0.05) is 17.8 Å². The second-order valence-electron chi connectivity index (χ2n) is 6.01. The normalized spacial score (nSPS) is 11.2. The zero-order chi connectivity index (χ0) is 21.7. The number of hydrogen-bond acceptors (Lipinski definition) is 5. The molecule has 0 spiro atoms. The number of rotatable bonds is 7. The first kappa shape index (κ1) is 21.0. The minimum Gasteiger partial charge on any atom is -0.490 e. The molecular weight excluding hydrogens is 406 g/mol. The van der Waals surface area contributed by atoms with Crippen molar-refractivity contribution in [2.24, 2.45) is 5.73 Å². The number of alkyl halides is 3. The summed E-state index contributed by atoms with van der Waals surface area (Å²) in [6, 6.07) is 8.96. The quantitative estimate of drug-likeness (QED) is 0.463. The van der Waals surface area contributed by atoms with E-state index in [0.717, 1.165) is 12.3 Å². The van der Waals surface area contributed by atoms with E-state index in [9.17, 15) is 22.4 Å². The lowest BCUT2D eigenvalue weighted by Crippen LogP contribution is -2.14. The van der Waals surface area contributed by atoms with E-state index in [1.165, 1.54) is 42.6 Å². The van der Waals surface area contributed by atoms with Crippen LogP contribution >= 0.6 is 0 Å². The van der Waals surface area contributed by atoms with Crippen molar-refractivity contribution < 1.29 is 31.8 Å². The SMILES string of the molecule is NC(=O)c1cc(-c2ccc(F)cc2)c(OCCOc2ccnc(C(F)(F)F)c2)cn1. The highest BCUT2D eigenvalue weighted by atomic mass is 19.4. The van der Waals surface area contributed by atoms with E-state index in [4.69, 9.17) is 15.2 Å². The number of carbonyl (C=O) groups is 1. The third-order valence-electron chi connectivity index (χ3n) is 3.91. The molecule has 30 heavy (non-hydrogen) atoms. The summed E-state index contributed by atoms with van der Waals surface area (Å²) in [6.07, 6.45) is -2.29. The molecule has 2 heterocycles. The highest BCUT2D eigenvalue weighted by Crippen LogP contribution is 2.31. The lowest BCUT2D eigenvalue weighted by molar-refractivity contribution is -0.141. The van der Waals surface area contributed by atoms with Crippen LogP contribution in [0.15, 0.2) is 54.9 Å². The minimum absolute atomic E-state index is 0.00519. The summed E-state index contributed by atoms with van der Waals surface area (Å²) in [4.78, 5) is 18.6. The van der Waals surface area contributed by atoms with Gasteiger partial charge in [-0.1, -0.05) is 12.1 Å². The Morgan fingerprint density at radius 1 is 1.00 bits per heavy atom. The third kappa shape index (κ3) is 5.22. The average molecular weight is 421 g/mol. The molecule has 0 unspecified atom stereocenters. The van der Waals surface area contributed by atoms with Crippen molar-refractivity contribution in [1.82, 2.24) is 9.97 Å². The molecule has 0 atom stereocenters. The Morgan fingerprint density at radius 3 is 2.37 bits per heavy atom. The topological polar surface area (TPSA) is 87.3 Å². The molecule has 1 aromatic carbocycles. The second kappa shape index (κ2) is 8.76. The molecule has 3 rings (SSSR count). The number of ether oxygens (including phenoxy) is 2.